The zero-order valence-electron chi connectivity index (χ0n) is 19.2. The number of amides is 2. The summed E-state index contributed by atoms with van der Waals surface area (Å²) in [6.07, 6.45) is 2.61. The quantitative estimate of drug-likeness (QED) is 0.697. The van der Waals surface area contributed by atoms with E-state index in [1.807, 2.05) is 29.2 Å². The van der Waals surface area contributed by atoms with Crippen molar-refractivity contribution in [3.8, 4) is 16.9 Å². The minimum absolute atomic E-state index is 0.0300. The lowest BCUT2D eigenvalue weighted by atomic mass is 9.79. The predicted molar refractivity (Wildman–Crippen MR) is 123 cm³/mol. The molecule has 0 unspecified atom stereocenters. The van der Waals surface area contributed by atoms with Gasteiger partial charge in [-0.05, 0) is 42.9 Å². The number of likely N-dealkylation sites (tertiary alicyclic amines) is 1. The maximum Gasteiger partial charge on any atom is 0.251 e. The Morgan fingerprint density at radius 1 is 1.16 bits per heavy atom. The summed E-state index contributed by atoms with van der Waals surface area (Å²) >= 11 is 0. The topological polar surface area (TPSA) is 59.1 Å². The van der Waals surface area contributed by atoms with E-state index in [2.05, 4.69) is 24.3 Å². The van der Waals surface area contributed by atoms with Crippen LogP contribution in [0.15, 0.2) is 48.5 Å². The molecule has 170 valence electrons. The highest BCUT2D eigenvalue weighted by atomic mass is 16.5. The van der Waals surface area contributed by atoms with Crippen molar-refractivity contribution in [2.75, 3.05) is 40.9 Å². The zero-order valence-corrected chi connectivity index (χ0v) is 19.2. The van der Waals surface area contributed by atoms with E-state index in [0.717, 1.165) is 35.3 Å². The molecule has 0 aromatic heterocycles. The minimum Gasteiger partial charge on any atom is -0.496 e. The van der Waals surface area contributed by atoms with E-state index in [4.69, 9.17) is 9.47 Å². The van der Waals surface area contributed by atoms with E-state index < -0.39 is 5.41 Å². The molecule has 6 nitrogen and oxygen atoms in total. The lowest BCUT2D eigenvalue weighted by Crippen LogP contribution is -2.46. The summed E-state index contributed by atoms with van der Waals surface area (Å²) in [5.74, 6) is 0.940. The van der Waals surface area contributed by atoms with Crippen LogP contribution in [0.1, 0.15) is 24.8 Å². The Balaban J connectivity index is 1.55. The lowest BCUT2D eigenvalue weighted by molar-refractivity contribution is -0.142. The first kappa shape index (κ1) is 22.3. The maximum absolute atomic E-state index is 13.3. The van der Waals surface area contributed by atoms with Crippen LogP contribution in [-0.4, -0.2) is 68.6 Å². The van der Waals surface area contributed by atoms with Crippen LogP contribution in [0.3, 0.4) is 0 Å². The van der Waals surface area contributed by atoms with Gasteiger partial charge in [0.25, 0.3) is 5.91 Å². The highest BCUT2D eigenvalue weighted by molar-refractivity contribution is 5.87. The van der Waals surface area contributed by atoms with Crippen molar-refractivity contribution in [2.24, 2.45) is 5.41 Å². The molecule has 0 bridgehead atoms. The first-order valence-electron chi connectivity index (χ1n) is 11.3. The molecule has 2 atom stereocenters. The van der Waals surface area contributed by atoms with Crippen LogP contribution in [-0.2, 0) is 20.7 Å². The van der Waals surface area contributed by atoms with Gasteiger partial charge in [-0.3, -0.25) is 9.59 Å². The van der Waals surface area contributed by atoms with Gasteiger partial charge >= 0.3 is 0 Å². The fourth-order valence-corrected chi connectivity index (χ4v) is 4.98. The summed E-state index contributed by atoms with van der Waals surface area (Å²) in [7, 11) is 5.26. The first-order chi connectivity index (χ1) is 15.4. The summed E-state index contributed by atoms with van der Waals surface area (Å²) < 4.78 is 11.1. The number of hydrogen-bond acceptors (Lipinski definition) is 4. The van der Waals surface area contributed by atoms with E-state index in [1.165, 1.54) is 0 Å². The Morgan fingerprint density at radius 2 is 1.91 bits per heavy atom. The molecule has 2 saturated heterocycles. The summed E-state index contributed by atoms with van der Waals surface area (Å²) in [5, 5.41) is 0. The zero-order chi connectivity index (χ0) is 22.7. The van der Waals surface area contributed by atoms with E-state index in [1.54, 1.807) is 26.1 Å². The summed E-state index contributed by atoms with van der Waals surface area (Å²) in [6, 6.07) is 16.2. The van der Waals surface area contributed by atoms with Crippen molar-refractivity contribution in [3.63, 3.8) is 0 Å². The Hall–Kier alpha value is -2.86. The Bertz CT molecular complexity index is 966. The second-order valence-corrected chi connectivity index (χ2v) is 9.07. The number of ether oxygens (including phenoxy) is 2. The molecule has 2 amide bonds. The number of hydrogen-bond donors (Lipinski definition) is 0. The van der Waals surface area contributed by atoms with Crippen molar-refractivity contribution >= 4 is 11.8 Å². The molecule has 2 aliphatic rings. The van der Waals surface area contributed by atoms with E-state index in [9.17, 15) is 9.59 Å². The Morgan fingerprint density at radius 3 is 2.56 bits per heavy atom. The minimum atomic E-state index is -0.607. The molecule has 0 saturated carbocycles. The van der Waals surface area contributed by atoms with Gasteiger partial charge in [0.05, 0.1) is 12.5 Å². The number of nitrogens with zero attached hydrogens (tertiary/aromatic N) is 2. The molecule has 0 aliphatic carbocycles. The summed E-state index contributed by atoms with van der Waals surface area (Å²) in [4.78, 5) is 29.7. The van der Waals surface area contributed by atoms with Crippen LogP contribution < -0.4 is 4.74 Å². The largest absolute Gasteiger partial charge is 0.496 e. The third-order valence-corrected chi connectivity index (χ3v) is 6.64. The SMILES string of the molecule is COc1ccccc1-c1ccc(C[C@]2(C(=O)N(C)C)CCN(C(=O)[C@@H]3CCCO3)C2)cc1. The fourth-order valence-electron chi connectivity index (χ4n) is 4.98. The molecule has 0 N–H and O–H groups in total. The van der Waals surface area contributed by atoms with Gasteiger partial charge in [-0.15, -0.1) is 0 Å². The highest BCUT2D eigenvalue weighted by Crippen LogP contribution is 2.38. The van der Waals surface area contributed by atoms with Crippen molar-refractivity contribution < 1.29 is 19.1 Å². The molecule has 6 heteroatoms. The van der Waals surface area contributed by atoms with Gasteiger partial charge in [0.2, 0.25) is 5.91 Å². The highest BCUT2D eigenvalue weighted by Gasteiger charge is 2.47. The Kier molecular flexibility index (Phi) is 6.51. The number of benzene rings is 2. The number of carbonyl (C=O) groups excluding carboxylic acids is 2. The second kappa shape index (κ2) is 9.33. The third-order valence-electron chi connectivity index (χ3n) is 6.64. The molecule has 2 aromatic carbocycles. The van der Waals surface area contributed by atoms with Gasteiger partial charge in [0, 0.05) is 39.4 Å². The van der Waals surface area contributed by atoms with E-state index in [-0.39, 0.29) is 17.9 Å². The van der Waals surface area contributed by atoms with Crippen LogP contribution >= 0.6 is 0 Å². The number of rotatable bonds is 6. The molecule has 2 aromatic rings. The molecule has 2 heterocycles. The standard InChI is InChI=1S/C26H32N2O4/c1-27(2)25(30)26(14-15-28(18-26)24(29)23-9-6-16-32-23)17-19-10-12-20(13-11-19)21-7-4-5-8-22(21)31-3/h4-5,7-8,10-13,23H,6,9,14-18H2,1-3H3/t23-,26+/m0/s1. The molecular weight excluding hydrogens is 404 g/mol. The van der Waals surface area contributed by atoms with Gasteiger partial charge in [-0.25, -0.2) is 0 Å². The number of carbonyl (C=O) groups is 2. The van der Waals surface area contributed by atoms with Crippen molar-refractivity contribution in [2.45, 2.75) is 31.8 Å². The van der Waals surface area contributed by atoms with Crippen molar-refractivity contribution in [1.82, 2.24) is 9.80 Å². The molecule has 32 heavy (non-hydrogen) atoms. The molecule has 2 aliphatic heterocycles. The van der Waals surface area contributed by atoms with Crippen LogP contribution in [0.4, 0.5) is 0 Å². The van der Waals surface area contributed by atoms with Crippen LogP contribution in [0, 0.1) is 5.41 Å². The molecule has 0 spiro atoms. The average molecular weight is 437 g/mol. The fraction of sp³-hybridized carbons (Fsp3) is 0.462. The smallest absolute Gasteiger partial charge is 0.251 e. The van der Waals surface area contributed by atoms with Crippen LogP contribution in [0.5, 0.6) is 5.75 Å². The lowest BCUT2D eigenvalue weighted by Gasteiger charge is -2.31. The molecular formula is C26H32N2O4. The van der Waals surface area contributed by atoms with Gasteiger partial charge in [-0.2, -0.15) is 0 Å². The first-order valence-corrected chi connectivity index (χ1v) is 11.3. The monoisotopic (exact) mass is 436 g/mol. The van der Waals surface area contributed by atoms with Crippen LogP contribution in [0.25, 0.3) is 11.1 Å². The van der Waals surface area contributed by atoms with Gasteiger partial charge in [0.15, 0.2) is 0 Å². The summed E-state index contributed by atoms with van der Waals surface area (Å²) in [5.41, 5.74) is 2.59. The number of methoxy groups -OCH3 is 1. The Labute approximate surface area is 190 Å². The normalized spacial score (nSPS) is 22.7. The van der Waals surface area contributed by atoms with Crippen LogP contribution in [0.2, 0.25) is 0 Å². The van der Waals surface area contributed by atoms with Gasteiger partial charge in [0.1, 0.15) is 11.9 Å². The number of para-hydroxylation sites is 1. The summed E-state index contributed by atoms with van der Waals surface area (Å²) in [6.45, 7) is 1.68. The van der Waals surface area contributed by atoms with E-state index >= 15 is 0 Å². The third kappa shape index (κ3) is 4.37. The predicted octanol–water partition coefficient (Wildman–Crippen LogP) is 3.39. The molecule has 4 rings (SSSR count). The van der Waals surface area contributed by atoms with Crippen molar-refractivity contribution in [3.05, 3.63) is 54.1 Å². The van der Waals surface area contributed by atoms with Gasteiger partial charge < -0.3 is 19.3 Å². The molecule has 0 radical (unpaired) electrons. The van der Waals surface area contributed by atoms with Crippen molar-refractivity contribution in [1.29, 1.82) is 0 Å². The van der Waals surface area contributed by atoms with E-state index in [0.29, 0.717) is 32.5 Å². The average Bonchev–Trinajstić information content (AvgIpc) is 3.50. The maximum atomic E-state index is 13.3. The second-order valence-electron chi connectivity index (χ2n) is 9.07. The molecule has 2 fully saturated rings. The van der Waals surface area contributed by atoms with Gasteiger partial charge in [-0.1, -0.05) is 42.5 Å².